The molecule has 3 N–H and O–H groups in total. The average Bonchev–Trinajstić information content (AvgIpc) is 3.80. The fraction of sp³-hybridized carbons (Fsp3) is 0.944. The Morgan fingerprint density at radius 1 is 0.597 bits per heavy atom. The normalized spacial score (nSPS) is 49.0. The van der Waals surface area contributed by atoms with Crippen LogP contribution in [0.2, 0.25) is 0 Å². The lowest BCUT2D eigenvalue weighted by Gasteiger charge is -2.64. The zero-order chi connectivity index (χ0) is 45.1. The summed E-state index contributed by atoms with van der Waals surface area (Å²) in [5.41, 5.74) is 0.991. The topological polar surface area (TPSA) is 130 Å². The van der Waals surface area contributed by atoms with Gasteiger partial charge in [0.05, 0.1) is 32.5 Å². The smallest absolute Gasteiger partial charge is 0.305 e. The van der Waals surface area contributed by atoms with Gasteiger partial charge in [-0.1, -0.05) is 68.2 Å². The van der Waals surface area contributed by atoms with Gasteiger partial charge < -0.3 is 24.8 Å². The molecule has 8 nitrogen and oxygen atoms in total. The summed E-state index contributed by atoms with van der Waals surface area (Å²) in [6.45, 7) is 19.1. The summed E-state index contributed by atoms with van der Waals surface area (Å²) < 4.78 is 9.76. The van der Waals surface area contributed by atoms with Crippen molar-refractivity contribution in [2.24, 2.45) is 105 Å². The van der Waals surface area contributed by atoms with E-state index in [0.717, 1.165) is 57.8 Å². The van der Waals surface area contributed by atoms with Gasteiger partial charge in [0.15, 0.2) is 0 Å². The maximum atomic E-state index is 12.4. The molecule has 0 aromatic carbocycles. The molecule has 0 aliphatic heterocycles. The van der Waals surface area contributed by atoms with Crippen molar-refractivity contribution in [1.29, 1.82) is 0 Å². The van der Waals surface area contributed by atoms with E-state index >= 15 is 0 Å². The van der Waals surface area contributed by atoms with Gasteiger partial charge in [0.1, 0.15) is 5.78 Å². The summed E-state index contributed by atoms with van der Waals surface area (Å²) in [6, 6.07) is 0. The van der Waals surface area contributed by atoms with E-state index in [4.69, 9.17) is 9.47 Å². The van der Waals surface area contributed by atoms with Crippen LogP contribution in [-0.4, -0.2) is 65.6 Å². The molecule has 0 heterocycles. The van der Waals surface area contributed by atoms with Crippen molar-refractivity contribution < 1.29 is 39.2 Å². The van der Waals surface area contributed by atoms with Crippen molar-refractivity contribution in [3.63, 3.8) is 0 Å². The molecule has 0 saturated heterocycles. The molecule has 0 aromatic heterocycles. The van der Waals surface area contributed by atoms with E-state index in [0.29, 0.717) is 102 Å². The van der Waals surface area contributed by atoms with Gasteiger partial charge in [-0.05, 0) is 194 Å². The summed E-state index contributed by atoms with van der Waals surface area (Å²) in [7, 11) is 2.95. The van der Waals surface area contributed by atoms with Crippen LogP contribution in [0.25, 0.3) is 0 Å². The molecule has 354 valence electrons. The maximum absolute atomic E-state index is 12.4. The molecule has 62 heavy (non-hydrogen) atoms. The number of Topliss-reactive ketones (excluding diaryl/α,β-unsaturated/α-hetero) is 1. The van der Waals surface area contributed by atoms with Crippen molar-refractivity contribution in [1.82, 2.24) is 0 Å². The molecule has 0 aromatic rings. The molecular formula is C54H90O8. The molecule has 21 atom stereocenters. The third kappa shape index (κ3) is 8.10. The molecule has 0 spiro atoms. The number of hydrogen-bond acceptors (Lipinski definition) is 8. The number of rotatable bonds is 10. The van der Waals surface area contributed by atoms with Crippen LogP contribution >= 0.6 is 0 Å². The highest BCUT2D eigenvalue weighted by Crippen LogP contribution is 2.71. The standard InChI is InChI=1S/C27H46O4.C27H44O4/c2*1-6-18-22-15-17(28)11-13-27(22,4)21-12-14-26(3)19(16(2)7-10-23(29)31-5)8-9-20(26)24(21)25(18)30/h16-22,24-25,28,30H,6-15H2,1-5H3;16,18-22,24-25,30H,6-15H2,1-5H3/t16-,17-,18-,19?,20?,21?,22+,24?,25-,26-,27-;16-,18-,19?,20?,21?,22+,24?,25-,26-,27-/m11/s1. The van der Waals surface area contributed by atoms with Gasteiger partial charge >= 0.3 is 11.9 Å². The van der Waals surface area contributed by atoms with Gasteiger partial charge in [-0.15, -0.1) is 0 Å². The second-order valence-electron chi connectivity index (χ2n) is 24.2. The van der Waals surface area contributed by atoms with Crippen LogP contribution in [0.5, 0.6) is 0 Å². The van der Waals surface area contributed by atoms with Crippen LogP contribution in [0.1, 0.15) is 184 Å². The Kier molecular flexibility index (Phi) is 14.6. The van der Waals surface area contributed by atoms with Crippen molar-refractivity contribution in [2.75, 3.05) is 14.2 Å². The number of esters is 2. The van der Waals surface area contributed by atoms with Crippen molar-refractivity contribution in [3.8, 4) is 0 Å². The zero-order valence-corrected chi connectivity index (χ0v) is 40.8. The number of ketones is 1. The Balaban J connectivity index is 0.000000186. The number of ether oxygens (including phenoxy) is 2. The monoisotopic (exact) mass is 867 g/mol. The lowest BCUT2D eigenvalue weighted by molar-refractivity contribution is -0.203. The summed E-state index contributed by atoms with van der Waals surface area (Å²) in [5.74, 6) is 6.94. The Morgan fingerprint density at radius 3 is 1.47 bits per heavy atom. The molecule has 0 radical (unpaired) electrons. The quantitative estimate of drug-likeness (QED) is 0.185. The number of carbonyl (C=O) groups excluding carboxylic acids is 3. The molecular weight excluding hydrogens is 777 g/mol. The molecule has 8 rings (SSSR count). The number of fused-ring (bicyclic) bond motifs is 10. The number of aliphatic hydroxyl groups excluding tert-OH is 3. The van der Waals surface area contributed by atoms with E-state index in [2.05, 4.69) is 55.4 Å². The van der Waals surface area contributed by atoms with Crippen LogP contribution in [0.3, 0.4) is 0 Å². The molecule has 0 amide bonds. The highest BCUT2D eigenvalue weighted by atomic mass is 16.5. The van der Waals surface area contributed by atoms with E-state index in [1.165, 1.54) is 65.6 Å². The Morgan fingerprint density at radius 2 is 1.02 bits per heavy atom. The first kappa shape index (κ1) is 48.4. The number of carbonyl (C=O) groups is 3. The molecule has 8 aliphatic carbocycles. The average molecular weight is 867 g/mol. The Hall–Kier alpha value is -1.51. The highest BCUT2D eigenvalue weighted by molar-refractivity contribution is 5.79. The fourth-order valence-corrected chi connectivity index (χ4v) is 19.0. The van der Waals surface area contributed by atoms with Crippen LogP contribution in [0.15, 0.2) is 0 Å². The molecule has 0 bridgehead atoms. The fourth-order valence-electron chi connectivity index (χ4n) is 19.0. The van der Waals surface area contributed by atoms with Crippen LogP contribution < -0.4 is 0 Å². The summed E-state index contributed by atoms with van der Waals surface area (Å²) in [6.07, 6.45) is 19.3. The Bertz CT molecular complexity index is 1600. The highest BCUT2D eigenvalue weighted by Gasteiger charge is 2.66. The van der Waals surface area contributed by atoms with Crippen molar-refractivity contribution in [2.45, 2.75) is 202 Å². The van der Waals surface area contributed by atoms with Crippen LogP contribution in [-0.2, 0) is 23.9 Å². The first-order valence-electron chi connectivity index (χ1n) is 26.0. The lowest BCUT2D eigenvalue weighted by atomic mass is 9.41. The molecule has 8 aliphatic rings. The van der Waals surface area contributed by atoms with Crippen molar-refractivity contribution >= 4 is 17.7 Å². The third-order valence-electron chi connectivity index (χ3n) is 22.2. The van der Waals surface area contributed by atoms with E-state index in [-0.39, 0.29) is 57.8 Å². The Labute approximate surface area is 376 Å². The van der Waals surface area contributed by atoms with Gasteiger partial charge in [-0.3, -0.25) is 14.4 Å². The van der Waals surface area contributed by atoms with Gasteiger partial charge in [0.25, 0.3) is 0 Å². The first-order chi connectivity index (χ1) is 29.3. The van der Waals surface area contributed by atoms with E-state index in [1.54, 1.807) is 0 Å². The van der Waals surface area contributed by atoms with Gasteiger partial charge in [0.2, 0.25) is 0 Å². The number of aliphatic hydroxyl groups is 3. The minimum atomic E-state index is -0.271. The largest absolute Gasteiger partial charge is 0.469 e. The van der Waals surface area contributed by atoms with Crippen LogP contribution in [0, 0.1) is 105 Å². The number of hydrogen-bond donors (Lipinski definition) is 3. The SMILES string of the molecule is CC[C@H]1[C@@H](O)C2C3CCC([C@H](C)CCC(=O)OC)[C@@]3(C)CCC2[C@@]2(C)CCC(=O)C[C@@H]12.CC[C@H]1[C@@H](O)C2C3CCC([C@H](C)CCC(=O)OC)[C@@]3(C)CCC2[C@@]2(C)CC[C@@H](O)C[C@@H]12. The minimum Gasteiger partial charge on any atom is -0.469 e. The maximum Gasteiger partial charge on any atom is 0.305 e. The molecule has 8 saturated carbocycles. The predicted molar refractivity (Wildman–Crippen MR) is 243 cm³/mol. The summed E-state index contributed by atoms with van der Waals surface area (Å²) in [4.78, 5) is 35.8. The van der Waals surface area contributed by atoms with Gasteiger partial charge in [-0.25, -0.2) is 0 Å². The van der Waals surface area contributed by atoms with Crippen molar-refractivity contribution in [3.05, 3.63) is 0 Å². The minimum absolute atomic E-state index is 0.0952. The molecule has 8 unspecified atom stereocenters. The molecule has 8 heteroatoms. The number of methoxy groups -OCH3 is 2. The summed E-state index contributed by atoms with van der Waals surface area (Å²) in [5, 5.41) is 33.9. The van der Waals surface area contributed by atoms with Gasteiger partial charge in [0, 0.05) is 25.7 Å². The van der Waals surface area contributed by atoms with Crippen LogP contribution in [0.4, 0.5) is 0 Å². The lowest BCUT2D eigenvalue weighted by Crippen LogP contribution is -2.62. The first-order valence-corrected chi connectivity index (χ1v) is 26.0. The van der Waals surface area contributed by atoms with E-state index in [1.807, 2.05) is 0 Å². The summed E-state index contributed by atoms with van der Waals surface area (Å²) >= 11 is 0. The second kappa shape index (κ2) is 18.6. The zero-order valence-electron chi connectivity index (χ0n) is 40.8. The van der Waals surface area contributed by atoms with Gasteiger partial charge in [-0.2, -0.15) is 0 Å². The van der Waals surface area contributed by atoms with E-state index in [9.17, 15) is 29.7 Å². The van der Waals surface area contributed by atoms with E-state index < -0.39 is 0 Å². The second-order valence-corrected chi connectivity index (χ2v) is 24.2. The predicted octanol–water partition coefficient (Wildman–Crippen LogP) is 10.6. The third-order valence-corrected chi connectivity index (χ3v) is 22.2. The molecule has 8 fully saturated rings.